The van der Waals surface area contributed by atoms with Crippen molar-refractivity contribution in [2.45, 2.75) is 52.7 Å². The Morgan fingerprint density at radius 2 is 0.941 bits per heavy atom. The molecule has 0 saturated carbocycles. The third kappa shape index (κ3) is 7.69. The summed E-state index contributed by atoms with van der Waals surface area (Å²) in [5.41, 5.74) is -0.321. The van der Waals surface area contributed by atoms with E-state index < -0.39 is 0 Å². The van der Waals surface area contributed by atoms with Crippen LogP contribution in [0.5, 0.6) is 11.5 Å². The average molecular weight is 246 g/mol. The van der Waals surface area contributed by atoms with Crippen LogP contribution in [0.3, 0.4) is 0 Å². The van der Waals surface area contributed by atoms with E-state index in [0.717, 1.165) is 11.5 Å². The summed E-state index contributed by atoms with van der Waals surface area (Å²) in [5, 5.41) is 0. The van der Waals surface area contributed by atoms with Crippen molar-refractivity contribution >= 4 is 0 Å². The van der Waals surface area contributed by atoms with Crippen LogP contribution in [-0.2, 0) is 0 Å². The van der Waals surface area contributed by atoms with E-state index in [0.29, 0.717) is 0 Å². The van der Waals surface area contributed by atoms with E-state index in [4.69, 9.17) is 9.47 Å². The number of hydrogen-bond acceptors (Lipinski definition) is 2. The molecule has 0 heterocycles. The summed E-state index contributed by atoms with van der Waals surface area (Å²) in [6, 6.07) is 7.75. The van der Waals surface area contributed by atoms with Crippen molar-refractivity contribution in [1.29, 1.82) is 0 Å². The maximum atomic E-state index is 5.73. The van der Waals surface area contributed by atoms with Crippen LogP contribution in [0.15, 0.2) is 24.3 Å². The molecule has 0 bridgehead atoms. The van der Waals surface area contributed by atoms with Gasteiger partial charge in [-0.2, -0.15) is 0 Å². The normalized spacial score (nSPS) is 11.6. The topological polar surface area (TPSA) is 18.5 Å². The Hall–Kier alpha value is -0.180. The number of hydrogen-bond donors (Lipinski definition) is 0. The second-order valence-corrected chi connectivity index (χ2v) is 5.90. The second-order valence-electron chi connectivity index (χ2n) is 5.90. The summed E-state index contributed by atoms with van der Waals surface area (Å²) >= 11 is 0. The first-order valence-corrected chi connectivity index (χ1v) is 5.64. The number of ether oxygens (including phenoxy) is 2. The molecular formula is C14H23NaO2. The summed E-state index contributed by atoms with van der Waals surface area (Å²) in [6.07, 6.45) is 0. The molecule has 1 aromatic rings. The molecule has 2 nitrogen and oxygen atoms in total. The van der Waals surface area contributed by atoms with E-state index in [-0.39, 0.29) is 42.2 Å². The fourth-order valence-corrected chi connectivity index (χ4v) is 1.28. The smallest absolute Gasteiger partial charge is 1.00 e. The van der Waals surface area contributed by atoms with Gasteiger partial charge in [0.15, 0.2) is 0 Å². The molecule has 0 radical (unpaired) electrons. The van der Waals surface area contributed by atoms with Crippen LogP contribution < -0.4 is 39.0 Å². The second kappa shape index (κ2) is 6.12. The fraction of sp³-hybridized carbons (Fsp3) is 0.571. The molecular weight excluding hydrogens is 223 g/mol. The van der Waals surface area contributed by atoms with Gasteiger partial charge in [-0.25, -0.2) is 0 Å². The Kier molecular flexibility index (Phi) is 6.06. The monoisotopic (exact) mass is 246 g/mol. The average Bonchev–Trinajstić information content (AvgIpc) is 2.03. The minimum atomic E-state index is -0.160. The standard InChI is InChI=1S/C14H22O2.Na.H/c1-13(2,3)15-11-7-9-12(10-8-11)16-14(4,5)6;;/h7-10H,1-6H3;;/q;+1;-1. The van der Waals surface area contributed by atoms with Gasteiger partial charge < -0.3 is 10.9 Å². The quantitative estimate of drug-likeness (QED) is 0.729. The Bertz CT molecular complexity index is 301. The SMILES string of the molecule is CC(C)(C)Oc1ccc(OC(C)(C)C)cc1.[H-].[Na+]. The Morgan fingerprint density at radius 3 is 1.12 bits per heavy atom. The molecule has 1 aromatic carbocycles. The maximum Gasteiger partial charge on any atom is 1.00 e. The molecule has 0 unspecified atom stereocenters. The molecule has 92 valence electrons. The maximum absolute atomic E-state index is 5.73. The predicted molar refractivity (Wildman–Crippen MR) is 68.3 cm³/mol. The van der Waals surface area contributed by atoms with Crippen molar-refractivity contribution in [2.24, 2.45) is 0 Å². The van der Waals surface area contributed by atoms with Gasteiger partial charge in [-0.1, -0.05) is 0 Å². The van der Waals surface area contributed by atoms with E-state index in [1.165, 1.54) is 0 Å². The molecule has 0 spiro atoms. The van der Waals surface area contributed by atoms with Gasteiger partial charge in [0, 0.05) is 0 Å². The van der Waals surface area contributed by atoms with Gasteiger partial charge in [0.1, 0.15) is 22.7 Å². The molecule has 0 N–H and O–H groups in total. The molecule has 3 heteroatoms. The van der Waals surface area contributed by atoms with Gasteiger partial charge in [0.2, 0.25) is 0 Å². The van der Waals surface area contributed by atoms with E-state index in [1.54, 1.807) is 0 Å². The van der Waals surface area contributed by atoms with Crippen molar-refractivity contribution in [3.63, 3.8) is 0 Å². The summed E-state index contributed by atoms with van der Waals surface area (Å²) in [7, 11) is 0. The van der Waals surface area contributed by atoms with Gasteiger partial charge in [-0.3, -0.25) is 0 Å². The summed E-state index contributed by atoms with van der Waals surface area (Å²) in [4.78, 5) is 0. The molecule has 0 saturated heterocycles. The van der Waals surface area contributed by atoms with Crippen molar-refractivity contribution in [1.82, 2.24) is 0 Å². The number of benzene rings is 1. The van der Waals surface area contributed by atoms with Crippen LogP contribution in [0.1, 0.15) is 43.0 Å². The third-order valence-electron chi connectivity index (χ3n) is 1.67. The van der Waals surface area contributed by atoms with Gasteiger partial charge >= 0.3 is 29.6 Å². The number of rotatable bonds is 2. The molecule has 0 aliphatic rings. The molecule has 0 aliphatic heterocycles. The van der Waals surface area contributed by atoms with Gasteiger partial charge in [-0.05, 0) is 65.8 Å². The molecule has 0 aliphatic carbocycles. The summed E-state index contributed by atoms with van der Waals surface area (Å²) in [6.45, 7) is 12.2. The van der Waals surface area contributed by atoms with Crippen LogP contribution in [-0.4, -0.2) is 11.2 Å². The van der Waals surface area contributed by atoms with Crippen molar-refractivity contribution in [2.75, 3.05) is 0 Å². The molecule has 0 atom stereocenters. The molecule has 0 fully saturated rings. The minimum Gasteiger partial charge on any atom is -1.00 e. The van der Waals surface area contributed by atoms with Crippen LogP contribution in [0.4, 0.5) is 0 Å². The van der Waals surface area contributed by atoms with E-state index in [1.807, 2.05) is 65.8 Å². The van der Waals surface area contributed by atoms with Crippen LogP contribution in [0, 0.1) is 0 Å². The van der Waals surface area contributed by atoms with E-state index >= 15 is 0 Å². The third-order valence-corrected chi connectivity index (χ3v) is 1.67. The zero-order valence-corrected chi connectivity index (χ0v) is 14.1. The predicted octanol–water partition coefficient (Wildman–Crippen LogP) is 1.16. The Balaban J connectivity index is 0. The Morgan fingerprint density at radius 1 is 0.706 bits per heavy atom. The zero-order chi connectivity index (χ0) is 12.4. The zero-order valence-electron chi connectivity index (χ0n) is 13.1. The minimum absolute atomic E-state index is 0. The Labute approximate surface area is 128 Å². The van der Waals surface area contributed by atoms with Gasteiger partial charge in [0.05, 0.1) is 0 Å². The van der Waals surface area contributed by atoms with Gasteiger partial charge in [0.25, 0.3) is 0 Å². The largest absolute Gasteiger partial charge is 1.00 e. The van der Waals surface area contributed by atoms with Crippen LogP contribution >= 0.6 is 0 Å². The molecule has 0 aromatic heterocycles. The van der Waals surface area contributed by atoms with Crippen LogP contribution in [0.2, 0.25) is 0 Å². The van der Waals surface area contributed by atoms with E-state index in [9.17, 15) is 0 Å². The molecule has 1 rings (SSSR count). The van der Waals surface area contributed by atoms with E-state index in [2.05, 4.69) is 0 Å². The first kappa shape index (κ1) is 16.8. The van der Waals surface area contributed by atoms with Gasteiger partial charge in [-0.15, -0.1) is 0 Å². The first-order valence-electron chi connectivity index (χ1n) is 5.64. The fourth-order valence-electron chi connectivity index (χ4n) is 1.28. The summed E-state index contributed by atoms with van der Waals surface area (Å²) < 4.78 is 11.5. The molecule has 17 heavy (non-hydrogen) atoms. The van der Waals surface area contributed by atoms with Crippen LogP contribution in [0.25, 0.3) is 0 Å². The van der Waals surface area contributed by atoms with Crippen molar-refractivity contribution in [3.8, 4) is 11.5 Å². The van der Waals surface area contributed by atoms with Crippen molar-refractivity contribution < 1.29 is 40.5 Å². The molecule has 0 amide bonds. The van der Waals surface area contributed by atoms with Crippen molar-refractivity contribution in [3.05, 3.63) is 24.3 Å². The summed E-state index contributed by atoms with van der Waals surface area (Å²) in [5.74, 6) is 1.74. The first-order chi connectivity index (χ1) is 7.16.